The minimum Gasteiger partial charge on any atom is -0.328 e. The van der Waals surface area contributed by atoms with Crippen LogP contribution in [0.3, 0.4) is 0 Å². The van der Waals surface area contributed by atoms with Gasteiger partial charge in [0.15, 0.2) is 10.4 Å². The normalized spacial score (nSPS) is 19.7. The van der Waals surface area contributed by atoms with Crippen LogP contribution in [0.25, 0.3) is 11.2 Å². The van der Waals surface area contributed by atoms with E-state index in [0.29, 0.717) is 6.04 Å². The molecule has 0 saturated heterocycles. The molecular formula is C14H20N4S. The van der Waals surface area contributed by atoms with Crippen LogP contribution in [-0.2, 0) is 13.5 Å². The van der Waals surface area contributed by atoms with E-state index in [9.17, 15) is 0 Å². The van der Waals surface area contributed by atoms with Crippen LogP contribution in [0, 0.1) is 16.6 Å². The highest BCUT2D eigenvalue weighted by Gasteiger charge is 2.43. The Morgan fingerprint density at radius 1 is 1.32 bits per heavy atom. The Hall–Kier alpha value is -1.10. The molecule has 0 atom stereocenters. The molecule has 0 aromatic carbocycles. The topological polar surface area (TPSA) is 38.5 Å². The van der Waals surface area contributed by atoms with Crippen LogP contribution in [0.15, 0.2) is 0 Å². The second kappa shape index (κ2) is 3.95. The van der Waals surface area contributed by atoms with Gasteiger partial charge in [-0.2, -0.15) is 5.10 Å². The van der Waals surface area contributed by atoms with E-state index < -0.39 is 0 Å². The van der Waals surface area contributed by atoms with Crippen molar-refractivity contribution in [2.45, 2.75) is 45.1 Å². The first-order chi connectivity index (χ1) is 9.20. The van der Waals surface area contributed by atoms with Gasteiger partial charge >= 0.3 is 0 Å². The van der Waals surface area contributed by atoms with Gasteiger partial charge in [0, 0.05) is 13.1 Å². The molecule has 0 bridgehead atoms. The largest absolute Gasteiger partial charge is 0.328 e. The first-order valence-electron chi connectivity index (χ1n) is 7.36. The van der Waals surface area contributed by atoms with E-state index in [0.717, 1.165) is 34.2 Å². The summed E-state index contributed by atoms with van der Waals surface area (Å²) in [5.41, 5.74) is 3.49. The van der Waals surface area contributed by atoms with Crippen molar-refractivity contribution in [3.8, 4) is 0 Å². The minimum atomic E-state index is 0.612. The van der Waals surface area contributed by atoms with Gasteiger partial charge in [-0.1, -0.05) is 6.92 Å². The lowest BCUT2D eigenvalue weighted by Crippen LogP contribution is -2.15. The average Bonchev–Trinajstić information content (AvgIpc) is 3.28. The standard InChI is InChI=1S/C14H20N4S/c1-3-10-11-13(17(2)16-10)18(14(19)15-11)12(8-4-5-8)9-6-7-9/h8-9,12H,3-7H2,1-2H3,(H,15,19). The van der Waals surface area contributed by atoms with Crippen LogP contribution in [0.4, 0.5) is 0 Å². The average molecular weight is 276 g/mol. The molecule has 0 amide bonds. The van der Waals surface area contributed by atoms with E-state index in [1.165, 1.54) is 31.3 Å². The van der Waals surface area contributed by atoms with Crippen LogP contribution in [0.1, 0.15) is 44.3 Å². The maximum atomic E-state index is 5.61. The molecular weight excluding hydrogens is 256 g/mol. The van der Waals surface area contributed by atoms with Gasteiger partial charge in [-0.3, -0.25) is 9.25 Å². The van der Waals surface area contributed by atoms with Crippen molar-refractivity contribution >= 4 is 23.4 Å². The maximum Gasteiger partial charge on any atom is 0.179 e. The zero-order valence-corrected chi connectivity index (χ0v) is 12.3. The molecule has 5 heteroatoms. The molecule has 2 aliphatic carbocycles. The van der Waals surface area contributed by atoms with E-state index in [1.54, 1.807) is 0 Å². The second-order valence-electron chi connectivity index (χ2n) is 6.09. The van der Waals surface area contributed by atoms with Gasteiger partial charge in [-0.25, -0.2) is 0 Å². The summed E-state index contributed by atoms with van der Waals surface area (Å²) < 4.78 is 5.28. The fourth-order valence-corrected chi connectivity index (χ4v) is 3.75. The van der Waals surface area contributed by atoms with Crippen LogP contribution in [0.5, 0.6) is 0 Å². The zero-order chi connectivity index (χ0) is 13.1. The molecule has 4 rings (SSSR count). The number of H-pyrrole nitrogens is 1. The van der Waals surface area contributed by atoms with Crippen molar-refractivity contribution in [1.82, 2.24) is 19.3 Å². The Bertz CT molecular complexity index is 672. The summed E-state index contributed by atoms with van der Waals surface area (Å²) in [5.74, 6) is 1.69. The molecule has 0 radical (unpaired) electrons. The third-order valence-electron chi connectivity index (χ3n) is 4.61. The van der Waals surface area contributed by atoms with Crippen molar-refractivity contribution < 1.29 is 0 Å². The molecule has 0 spiro atoms. The minimum absolute atomic E-state index is 0.612. The lowest BCUT2D eigenvalue weighted by Gasteiger charge is -2.18. The summed E-state index contributed by atoms with van der Waals surface area (Å²) in [4.78, 5) is 3.41. The van der Waals surface area contributed by atoms with Crippen LogP contribution in [-0.4, -0.2) is 19.3 Å². The number of aromatic nitrogens is 4. The third kappa shape index (κ3) is 1.71. The quantitative estimate of drug-likeness (QED) is 0.870. The fraction of sp³-hybridized carbons (Fsp3) is 0.714. The summed E-state index contributed by atoms with van der Waals surface area (Å²) in [7, 11) is 2.04. The molecule has 2 fully saturated rings. The molecule has 19 heavy (non-hydrogen) atoms. The van der Waals surface area contributed by atoms with Crippen LogP contribution >= 0.6 is 12.2 Å². The number of aryl methyl sites for hydroxylation is 2. The van der Waals surface area contributed by atoms with E-state index in [2.05, 4.69) is 21.6 Å². The molecule has 2 saturated carbocycles. The lowest BCUT2D eigenvalue weighted by molar-refractivity contribution is 0.395. The van der Waals surface area contributed by atoms with Crippen molar-refractivity contribution in [3.63, 3.8) is 0 Å². The number of imidazole rings is 1. The summed E-state index contributed by atoms with van der Waals surface area (Å²) in [5, 5.41) is 4.63. The van der Waals surface area contributed by atoms with Crippen LogP contribution < -0.4 is 0 Å². The first kappa shape index (κ1) is 11.7. The second-order valence-corrected chi connectivity index (χ2v) is 6.47. The number of nitrogens with zero attached hydrogens (tertiary/aromatic N) is 3. The molecule has 0 unspecified atom stereocenters. The number of hydrogen-bond acceptors (Lipinski definition) is 2. The Balaban J connectivity index is 1.94. The highest BCUT2D eigenvalue weighted by atomic mass is 32.1. The molecule has 2 aliphatic rings. The molecule has 102 valence electrons. The van der Waals surface area contributed by atoms with E-state index in [-0.39, 0.29) is 0 Å². The molecule has 2 aromatic rings. The van der Waals surface area contributed by atoms with E-state index >= 15 is 0 Å². The van der Waals surface area contributed by atoms with Gasteiger partial charge in [0.2, 0.25) is 0 Å². The number of nitrogens with one attached hydrogen (secondary N) is 1. The predicted molar refractivity (Wildman–Crippen MR) is 77.8 cm³/mol. The molecule has 2 heterocycles. The number of rotatable bonds is 4. The zero-order valence-electron chi connectivity index (χ0n) is 11.5. The highest BCUT2D eigenvalue weighted by Crippen LogP contribution is 2.52. The molecule has 0 aliphatic heterocycles. The van der Waals surface area contributed by atoms with E-state index in [4.69, 9.17) is 12.2 Å². The van der Waals surface area contributed by atoms with Gasteiger partial charge in [0.05, 0.1) is 5.69 Å². The monoisotopic (exact) mass is 276 g/mol. The van der Waals surface area contributed by atoms with Gasteiger partial charge in [0.1, 0.15) is 5.52 Å². The predicted octanol–water partition coefficient (Wildman–Crippen LogP) is 3.36. The van der Waals surface area contributed by atoms with Crippen molar-refractivity contribution in [1.29, 1.82) is 0 Å². The van der Waals surface area contributed by atoms with Gasteiger partial charge < -0.3 is 4.98 Å². The summed E-state index contributed by atoms with van der Waals surface area (Å²) in [6.45, 7) is 2.15. The maximum absolute atomic E-state index is 5.61. The Morgan fingerprint density at radius 2 is 1.95 bits per heavy atom. The Morgan fingerprint density at radius 3 is 2.47 bits per heavy atom. The number of fused-ring (bicyclic) bond motifs is 1. The molecule has 2 aromatic heterocycles. The summed E-state index contributed by atoms with van der Waals surface area (Å²) in [6.07, 6.45) is 6.43. The van der Waals surface area contributed by atoms with Crippen molar-refractivity contribution in [2.75, 3.05) is 0 Å². The Labute approximate surface area is 117 Å². The lowest BCUT2D eigenvalue weighted by atomic mass is 10.1. The number of aromatic amines is 1. The van der Waals surface area contributed by atoms with E-state index in [1.807, 2.05) is 11.7 Å². The SMILES string of the molecule is CCc1nn(C)c2c1[nH]c(=S)n2C(C1CC1)C1CC1. The van der Waals surface area contributed by atoms with Crippen molar-refractivity contribution in [2.24, 2.45) is 18.9 Å². The van der Waals surface area contributed by atoms with Crippen LogP contribution in [0.2, 0.25) is 0 Å². The van der Waals surface area contributed by atoms with Crippen molar-refractivity contribution in [3.05, 3.63) is 10.5 Å². The third-order valence-corrected chi connectivity index (χ3v) is 4.91. The molecule has 1 N–H and O–H groups in total. The highest BCUT2D eigenvalue weighted by molar-refractivity contribution is 7.71. The van der Waals surface area contributed by atoms with Gasteiger partial charge in [-0.15, -0.1) is 0 Å². The Kier molecular flexibility index (Phi) is 2.43. The smallest absolute Gasteiger partial charge is 0.179 e. The fourth-order valence-electron chi connectivity index (χ4n) is 3.44. The number of hydrogen-bond donors (Lipinski definition) is 1. The molecule has 4 nitrogen and oxygen atoms in total. The first-order valence-corrected chi connectivity index (χ1v) is 7.77. The summed E-state index contributed by atoms with van der Waals surface area (Å²) >= 11 is 5.61. The summed E-state index contributed by atoms with van der Waals surface area (Å²) in [6, 6.07) is 0.612. The van der Waals surface area contributed by atoms with Gasteiger partial charge in [-0.05, 0) is 56.2 Å². The van der Waals surface area contributed by atoms with Gasteiger partial charge in [0.25, 0.3) is 0 Å².